The van der Waals surface area contributed by atoms with Gasteiger partial charge in [0.1, 0.15) is 11.5 Å². The summed E-state index contributed by atoms with van der Waals surface area (Å²) < 4.78 is 8.42. The molecule has 0 fully saturated rings. The van der Waals surface area contributed by atoms with Crippen molar-refractivity contribution < 1.29 is 14.3 Å². The lowest BCUT2D eigenvalue weighted by Gasteiger charge is -2.09. The van der Waals surface area contributed by atoms with Gasteiger partial charge in [0, 0.05) is 24.9 Å². The zero-order valence-corrected chi connectivity index (χ0v) is 16.4. The molecule has 4 aromatic rings. The Bertz CT molecular complexity index is 1160. The number of nitrogens with one attached hydrogen (secondary N) is 1. The van der Waals surface area contributed by atoms with Gasteiger partial charge in [-0.05, 0) is 24.3 Å². The van der Waals surface area contributed by atoms with E-state index >= 15 is 0 Å². The van der Waals surface area contributed by atoms with Gasteiger partial charge in [0.05, 0.1) is 11.4 Å². The van der Waals surface area contributed by atoms with Gasteiger partial charge < -0.3 is 14.6 Å². The molecule has 0 saturated heterocycles. The normalized spacial score (nSPS) is 10.6. The molecule has 0 bridgehead atoms. The first kappa shape index (κ1) is 19.2. The van der Waals surface area contributed by atoms with E-state index in [2.05, 4.69) is 10.4 Å². The van der Waals surface area contributed by atoms with Crippen LogP contribution in [0.5, 0.6) is 0 Å². The highest BCUT2D eigenvalue weighted by Gasteiger charge is 2.16. The number of hydrogen-bond acceptors (Lipinski definition) is 4. The Morgan fingerprint density at radius 2 is 1.67 bits per heavy atom. The van der Waals surface area contributed by atoms with Crippen LogP contribution in [0.4, 0.5) is 5.82 Å². The minimum Gasteiger partial charge on any atom is -0.451 e. The molecule has 0 saturated carbocycles. The van der Waals surface area contributed by atoms with Crippen molar-refractivity contribution >= 4 is 17.7 Å². The number of rotatable bonds is 6. The molecule has 0 spiro atoms. The summed E-state index contributed by atoms with van der Waals surface area (Å²) in [4.78, 5) is 24.6. The van der Waals surface area contributed by atoms with Crippen LogP contribution in [0.3, 0.4) is 0 Å². The van der Waals surface area contributed by atoms with E-state index in [-0.39, 0.29) is 0 Å². The van der Waals surface area contributed by atoms with E-state index in [0.717, 1.165) is 16.9 Å². The van der Waals surface area contributed by atoms with Crippen LogP contribution < -0.4 is 5.32 Å². The molecule has 30 heavy (non-hydrogen) atoms. The highest BCUT2D eigenvalue weighted by molar-refractivity contribution is 5.95. The molecule has 0 aliphatic rings. The number of esters is 1. The van der Waals surface area contributed by atoms with Crippen molar-refractivity contribution in [1.82, 2.24) is 14.3 Å². The molecule has 7 nitrogen and oxygen atoms in total. The van der Waals surface area contributed by atoms with Crippen LogP contribution in [0.1, 0.15) is 10.5 Å². The number of hydrogen-bond donors (Lipinski definition) is 1. The standard InChI is InChI=1S/C23H20N4O3/c1-26-14-8-13-20(26)23(29)30-16-22(28)24-21-15-19(17-9-4-2-5-10-17)25-27(21)18-11-6-3-7-12-18/h2-15H,16H2,1H3,(H,24,28). The zero-order valence-electron chi connectivity index (χ0n) is 16.4. The topological polar surface area (TPSA) is 78.2 Å². The summed E-state index contributed by atoms with van der Waals surface area (Å²) >= 11 is 0. The Morgan fingerprint density at radius 1 is 0.967 bits per heavy atom. The average molecular weight is 400 g/mol. The summed E-state index contributed by atoms with van der Waals surface area (Å²) in [5.74, 6) is -0.520. The number of anilines is 1. The summed E-state index contributed by atoms with van der Waals surface area (Å²) in [7, 11) is 1.74. The van der Waals surface area contributed by atoms with E-state index < -0.39 is 18.5 Å². The molecule has 0 unspecified atom stereocenters. The first-order valence-electron chi connectivity index (χ1n) is 9.41. The summed E-state index contributed by atoms with van der Waals surface area (Å²) in [5, 5.41) is 7.43. The molecular formula is C23H20N4O3. The fourth-order valence-corrected chi connectivity index (χ4v) is 3.04. The summed E-state index contributed by atoms with van der Waals surface area (Å²) in [6.07, 6.45) is 1.74. The van der Waals surface area contributed by atoms with Crippen LogP contribution in [-0.4, -0.2) is 32.8 Å². The zero-order chi connectivity index (χ0) is 20.9. The monoisotopic (exact) mass is 400 g/mol. The number of benzene rings is 2. The molecule has 0 aliphatic carbocycles. The predicted molar refractivity (Wildman–Crippen MR) is 113 cm³/mol. The largest absolute Gasteiger partial charge is 0.451 e. The molecule has 2 heterocycles. The Balaban J connectivity index is 1.53. The van der Waals surface area contributed by atoms with E-state index in [1.165, 1.54) is 0 Å². The van der Waals surface area contributed by atoms with E-state index in [0.29, 0.717) is 11.5 Å². The third kappa shape index (κ3) is 4.15. The van der Waals surface area contributed by atoms with Crippen molar-refractivity contribution in [2.45, 2.75) is 0 Å². The molecule has 0 radical (unpaired) electrons. The van der Waals surface area contributed by atoms with Gasteiger partial charge in [0.2, 0.25) is 0 Å². The van der Waals surface area contributed by atoms with Crippen molar-refractivity contribution in [2.24, 2.45) is 7.05 Å². The second-order valence-electron chi connectivity index (χ2n) is 6.66. The molecule has 2 aromatic carbocycles. The van der Waals surface area contributed by atoms with E-state index in [4.69, 9.17) is 4.74 Å². The molecule has 1 N–H and O–H groups in total. The van der Waals surface area contributed by atoms with Crippen molar-refractivity contribution in [3.8, 4) is 16.9 Å². The maximum absolute atomic E-state index is 12.5. The minimum atomic E-state index is -0.556. The number of aryl methyl sites for hydroxylation is 1. The summed E-state index contributed by atoms with van der Waals surface area (Å²) in [6, 6.07) is 24.3. The van der Waals surface area contributed by atoms with Gasteiger partial charge in [0.25, 0.3) is 5.91 Å². The Morgan fingerprint density at radius 3 is 2.33 bits per heavy atom. The van der Waals surface area contributed by atoms with Crippen molar-refractivity contribution in [3.05, 3.63) is 90.8 Å². The molecule has 0 aliphatic heterocycles. The third-order valence-electron chi connectivity index (χ3n) is 4.53. The number of ether oxygens (including phenoxy) is 1. The minimum absolute atomic E-state index is 0.378. The number of carbonyl (C=O) groups excluding carboxylic acids is 2. The predicted octanol–water partition coefficient (Wildman–Crippen LogP) is 3.67. The number of carbonyl (C=O) groups is 2. The fourth-order valence-electron chi connectivity index (χ4n) is 3.04. The van der Waals surface area contributed by atoms with E-state index in [1.54, 1.807) is 40.7 Å². The van der Waals surface area contributed by atoms with Gasteiger partial charge in [-0.2, -0.15) is 5.10 Å². The van der Waals surface area contributed by atoms with Crippen LogP contribution in [0.15, 0.2) is 85.1 Å². The van der Waals surface area contributed by atoms with Gasteiger partial charge in [-0.15, -0.1) is 0 Å². The summed E-state index contributed by atoms with van der Waals surface area (Å²) in [6.45, 7) is -0.398. The fraction of sp³-hybridized carbons (Fsp3) is 0.0870. The molecule has 0 atom stereocenters. The quantitative estimate of drug-likeness (QED) is 0.501. The van der Waals surface area contributed by atoms with Crippen LogP contribution >= 0.6 is 0 Å². The molecule has 150 valence electrons. The molecule has 1 amide bonds. The van der Waals surface area contributed by atoms with Gasteiger partial charge in [-0.1, -0.05) is 48.5 Å². The Kier molecular flexibility index (Phi) is 5.43. The number of amides is 1. The molecule has 7 heteroatoms. The number of nitrogens with zero attached hydrogens (tertiary/aromatic N) is 3. The molecule has 4 rings (SSSR count). The van der Waals surface area contributed by atoms with Crippen LogP contribution in [0.25, 0.3) is 16.9 Å². The molecular weight excluding hydrogens is 380 g/mol. The lowest BCUT2D eigenvalue weighted by atomic mass is 10.2. The second-order valence-corrected chi connectivity index (χ2v) is 6.66. The molecule has 2 aromatic heterocycles. The third-order valence-corrected chi connectivity index (χ3v) is 4.53. The van der Waals surface area contributed by atoms with E-state index in [9.17, 15) is 9.59 Å². The number of para-hydroxylation sites is 1. The number of aromatic nitrogens is 3. The first-order valence-corrected chi connectivity index (χ1v) is 9.41. The summed E-state index contributed by atoms with van der Waals surface area (Å²) in [5.41, 5.74) is 2.83. The van der Waals surface area contributed by atoms with E-state index in [1.807, 2.05) is 60.7 Å². The lowest BCUT2D eigenvalue weighted by Crippen LogP contribution is -2.23. The highest BCUT2D eigenvalue weighted by Crippen LogP contribution is 2.24. The van der Waals surface area contributed by atoms with Gasteiger partial charge in [0.15, 0.2) is 6.61 Å². The van der Waals surface area contributed by atoms with Crippen molar-refractivity contribution in [1.29, 1.82) is 0 Å². The maximum atomic E-state index is 12.5. The lowest BCUT2D eigenvalue weighted by molar-refractivity contribution is -0.119. The van der Waals surface area contributed by atoms with Gasteiger partial charge >= 0.3 is 5.97 Å². The Hall–Kier alpha value is -4.13. The first-order chi connectivity index (χ1) is 14.6. The second kappa shape index (κ2) is 8.48. The van der Waals surface area contributed by atoms with Crippen LogP contribution in [0, 0.1) is 0 Å². The average Bonchev–Trinajstić information content (AvgIpc) is 3.40. The van der Waals surface area contributed by atoms with Crippen molar-refractivity contribution in [2.75, 3.05) is 11.9 Å². The smallest absolute Gasteiger partial charge is 0.355 e. The van der Waals surface area contributed by atoms with Crippen molar-refractivity contribution in [3.63, 3.8) is 0 Å². The maximum Gasteiger partial charge on any atom is 0.355 e. The van der Waals surface area contributed by atoms with Gasteiger partial charge in [-0.3, -0.25) is 4.79 Å². The van der Waals surface area contributed by atoms with Crippen LogP contribution in [-0.2, 0) is 16.6 Å². The SMILES string of the molecule is Cn1cccc1C(=O)OCC(=O)Nc1cc(-c2ccccc2)nn1-c1ccccc1. The Labute approximate surface area is 173 Å². The van der Waals surface area contributed by atoms with Gasteiger partial charge in [-0.25, -0.2) is 9.48 Å². The highest BCUT2D eigenvalue weighted by atomic mass is 16.5. The van der Waals surface area contributed by atoms with Crippen LogP contribution in [0.2, 0.25) is 0 Å².